The highest BCUT2D eigenvalue weighted by Gasteiger charge is 2.32. The third-order valence-corrected chi connectivity index (χ3v) is 5.58. The molecule has 27 heavy (non-hydrogen) atoms. The van der Waals surface area contributed by atoms with Crippen LogP contribution < -0.4 is 15.8 Å². The number of rotatable bonds is 3. The number of anilines is 2. The standard InChI is InChI=1S/C21H23N3O3/c1-23-11-4-7-17(21(23)27)19(25)22-16-9-8-14-10-12-24(18(14)13-16)20(26)15-5-2-3-6-15/h4,7-9,11,13,15H,2-3,5-6,10,12H2,1H3,(H,22,25). The normalized spacial score (nSPS) is 16.4. The van der Waals surface area contributed by atoms with Gasteiger partial charge in [-0.05, 0) is 49.1 Å². The maximum Gasteiger partial charge on any atom is 0.263 e. The molecule has 1 saturated carbocycles. The van der Waals surface area contributed by atoms with Gasteiger partial charge < -0.3 is 14.8 Å². The highest BCUT2D eigenvalue weighted by molar-refractivity contribution is 6.05. The third kappa shape index (κ3) is 3.27. The second kappa shape index (κ2) is 7.02. The van der Waals surface area contributed by atoms with Gasteiger partial charge in [0.1, 0.15) is 5.56 Å². The lowest BCUT2D eigenvalue weighted by molar-refractivity contribution is -0.122. The molecule has 0 spiro atoms. The number of aromatic nitrogens is 1. The minimum Gasteiger partial charge on any atom is -0.322 e. The minimum atomic E-state index is -0.442. The van der Waals surface area contributed by atoms with Crippen molar-refractivity contribution in [2.24, 2.45) is 13.0 Å². The van der Waals surface area contributed by atoms with Gasteiger partial charge in [-0.25, -0.2) is 0 Å². The first-order valence-electron chi connectivity index (χ1n) is 9.46. The molecular weight excluding hydrogens is 342 g/mol. The van der Waals surface area contributed by atoms with E-state index in [-0.39, 0.29) is 22.9 Å². The predicted octanol–water partition coefficient (Wildman–Crippen LogP) is 2.72. The van der Waals surface area contributed by atoms with Gasteiger partial charge in [0.2, 0.25) is 5.91 Å². The van der Waals surface area contributed by atoms with Crippen LogP contribution in [-0.2, 0) is 18.3 Å². The maximum absolute atomic E-state index is 12.8. The molecule has 0 radical (unpaired) electrons. The zero-order chi connectivity index (χ0) is 19.0. The number of benzene rings is 1. The monoisotopic (exact) mass is 365 g/mol. The van der Waals surface area contributed by atoms with E-state index in [0.29, 0.717) is 12.2 Å². The van der Waals surface area contributed by atoms with Crippen LogP contribution in [0.25, 0.3) is 0 Å². The fourth-order valence-corrected chi connectivity index (χ4v) is 4.05. The largest absolute Gasteiger partial charge is 0.322 e. The van der Waals surface area contributed by atoms with Crippen LogP contribution in [0.5, 0.6) is 0 Å². The molecule has 1 aromatic carbocycles. The molecule has 6 heteroatoms. The number of carbonyl (C=O) groups excluding carboxylic acids is 2. The average molecular weight is 365 g/mol. The molecule has 0 saturated heterocycles. The molecule has 140 valence electrons. The summed E-state index contributed by atoms with van der Waals surface area (Å²) in [5.74, 6) is -0.115. The second-order valence-corrected chi connectivity index (χ2v) is 7.36. The summed E-state index contributed by atoms with van der Waals surface area (Å²) in [4.78, 5) is 39.3. The molecular formula is C21H23N3O3. The van der Waals surface area contributed by atoms with Crippen molar-refractivity contribution >= 4 is 23.2 Å². The number of nitrogens with zero attached hydrogens (tertiary/aromatic N) is 2. The Hall–Kier alpha value is -2.89. The number of pyridine rings is 1. The highest BCUT2D eigenvalue weighted by atomic mass is 16.2. The molecule has 6 nitrogen and oxygen atoms in total. The van der Waals surface area contributed by atoms with Crippen LogP contribution in [-0.4, -0.2) is 22.9 Å². The van der Waals surface area contributed by atoms with Gasteiger partial charge in [0.25, 0.3) is 11.5 Å². The van der Waals surface area contributed by atoms with Gasteiger partial charge in [-0.2, -0.15) is 0 Å². The number of fused-ring (bicyclic) bond motifs is 1. The number of hydrogen-bond acceptors (Lipinski definition) is 3. The SMILES string of the molecule is Cn1cccc(C(=O)Nc2ccc3c(c2)N(C(=O)C2CCCC2)CC3)c1=O. The van der Waals surface area contributed by atoms with Crippen LogP contribution in [0.4, 0.5) is 11.4 Å². The lowest BCUT2D eigenvalue weighted by atomic mass is 10.1. The smallest absolute Gasteiger partial charge is 0.263 e. The first-order chi connectivity index (χ1) is 13.0. The Morgan fingerprint density at radius 3 is 2.70 bits per heavy atom. The van der Waals surface area contributed by atoms with E-state index >= 15 is 0 Å². The molecule has 1 aromatic heterocycles. The summed E-state index contributed by atoms with van der Waals surface area (Å²) in [6.45, 7) is 0.696. The van der Waals surface area contributed by atoms with Crippen molar-refractivity contribution < 1.29 is 9.59 Å². The van der Waals surface area contributed by atoms with Crippen molar-refractivity contribution in [1.29, 1.82) is 0 Å². The number of carbonyl (C=O) groups is 2. The third-order valence-electron chi connectivity index (χ3n) is 5.58. The lowest BCUT2D eigenvalue weighted by Crippen LogP contribution is -2.33. The summed E-state index contributed by atoms with van der Waals surface area (Å²) < 4.78 is 1.37. The maximum atomic E-state index is 12.8. The molecule has 0 atom stereocenters. The van der Waals surface area contributed by atoms with Crippen LogP contribution >= 0.6 is 0 Å². The van der Waals surface area contributed by atoms with Crippen LogP contribution in [0.3, 0.4) is 0 Å². The van der Waals surface area contributed by atoms with E-state index in [1.165, 1.54) is 10.6 Å². The number of amides is 2. The lowest BCUT2D eigenvalue weighted by Gasteiger charge is -2.21. The van der Waals surface area contributed by atoms with Gasteiger partial charge in [-0.3, -0.25) is 14.4 Å². The molecule has 1 fully saturated rings. The van der Waals surface area contributed by atoms with Crippen molar-refractivity contribution in [3.63, 3.8) is 0 Å². The summed E-state index contributed by atoms with van der Waals surface area (Å²) in [5.41, 5.74) is 2.35. The molecule has 0 unspecified atom stereocenters. The summed E-state index contributed by atoms with van der Waals surface area (Å²) in [6, 6.07) is 8.81. The number of aryl methyl sites for hydroxylation is 1. The van der Waals surface area contributed by atoms with Crippen LogP contribution in [0, 0.1) is 5.92 Å². The molecule has 2 heterocycles. The van der Waals surface area contributed by atoms with Crippen molar-refractivity contribution in [2.45, 2.75) is 32.1 Å². The van der Waals surface area contributed by atoms with Crippen LogP contribution in [0.2, 0.25) is 0 Å². The zero-order valence-electron chi connectivity index (χ0n) is 15.4. The van der Waals surface area contributed by atoms with E-state index < -0.39 is 5.91 Å². The van der Waals surface area contributed by atoms with E-state index in [9.17, 15) is 14.4 Å². The number of nitrogens with one attached hydrogen (secondary N) is 1. The van der Waals surface area contributed by atoms with Crippen molar-refractivity contribution in [2.75, 3.05) is 16.8 Å². The van der Waals surface area contributed by atoms with E-state index in [0.717, 1.165) is 43.4 Å². The molecule has 1 aliphatic carbocycles. The van der Waals surface area contributed by atoms with Gasteiger partial charge >= 0.3 is 0 Å². The predicted molar refractivity (Wildman–Crippen MR) is 104 cm³/mol. The summed E-state index contributed by atoms with van der Waals surface area (Å²) >= 11 is 0. The Morgan fingerprint density at radius 1 is 1.15 bits per heavy atom. The first-order valence-corrected chi connectivity index (χ1v) is 9.46. The zero-order valence-corrected chi connectivity index (χ0v) is 15.4. The Balaban J connectivity index is 1.56. The van der Waals surface area contributed by atoms with E-state index in [1.54, 1.807) is 19.3 Å². The van der Waals surface area contributed by atoms with E-state index in [1.807, 2.05) is 23.1 Å². The molecule has 1 aliphatic heterocycles. The fourth-order valence-electron chi connectivity index (χ4n) is 4.05. The molecule has 2 aliphatic rings. The second-order valence-electron chi connectivity index (χ2n) is 7.36. The summed E-state index contributed by atoms with van der Waals surface area (Å²) in [7, 11) is 1.61. The Labute approximate surface area is 157 Å². The number of hydrogen-bond donors (Lipinski definition) is 1. The van der Waals surface area contributed by atoms with Gasteiger partial charge in [0, 0.05) is 37.1 Å². The molecule has 0 bridgehead atoms. The molecule has 1 N–H and O–H groups in total. The van der Waals surface area contributed by atoms with Crippen LogP contribution in [0.1, 0.15) is 41.6 Å². The Bertz CT molecular complexity index is 957. The Kier molecular flexibility index (Phi) is 4.56. The van der Waals surface area contributed by atoms with Crippen molar-refractivity contribution in [1.82, 2.24) is 4.57 Å². The van der Waals surface area contributed by atoms with Crippen molar-refractivity contribution in [3.05, 3.63) is 58.0 Å². The van der Waals surface area contributed by atoms with Gasteiger partial charge in [-0.15, -0.1) is 0 Å². The van der Waals surface area contributed by atoms with E-state index in [2.05, 4.69) is 5.32 Å². The molecule has 2 amide bonds. The topological polar surface area (TPSA) is 71.4 Å². The first kappa shape index (κ1) is 17.5. The quantitative estimate of drug-likeness (QED) is 0.909. The van der Waals surface area contributed by atoms with E-state index in [4.69, 9.17) is 0 Å². The summed E-state index contributed by atoms with van der Waals surface area (Å²) in [6.07, 6.45) is 6.64. The molecule has 2 aromatic rings. The van der Waals surface area contributed by atoms with Crippen LogP contribution in [0.15, 0.2) is 41.3 Å². The summed E-state index contributed by atoms with van der Waals surface area (Å²) in [5, 5.41) is 2.79. The fraction of sp³-hybridized carbons (Fsp3) is 0.381. The molecule has 4 rings (SSSR count). The highest BCUT2D eigenvalue weighted by Crippen LogP contribution is 2.35. The van der Waals surface area contributed by atoms with Gasteiger partial charge in [-0.1, -0.05) is 18.9 Å². The van der Waals surface area contributed by atoms with Crippen molar-refractivity contribution in [3.8, 4) is 0 Å². The van der Waals surface area contributed by atoms with Gasteiger partial charge in [0.05, 0.1) is 0 Å². The average Bonchev–Trinajstić information content (AvgIpc) is 3.33. The minimum absolute atomic E-state index is 0.0967. The Morgan fingerprint density at radius 2 is 1.93 bits per heavy atom. The van der Waals surface area contributed by atoms with Gasteiger partial charge in [0.15, 0.2) is 0 Å².